The zero-order valence-electron chi connectivity index (χ0n) is 12.8. The number of benzene rings is 1. The highest BCUT2D eigenvalue weighted by Gasteiger charge is 2.28. The molecular weight excluding hydrogens is 266 g/mol. The molecule has 1 aromatic rings. The average Bonchev–Trinajstić information content (AvgIpc) is 2.45. The summed E-state index contributed by atoms with van der Waals surface area (Å²) in [4.78, 5) is 12.1. The number of esters is 1. The van der Waals surface area contributed by atoms with Crippen LogP contribution in [0, 0.1) is 11.8 Å². The third-order valence-electron chi connectivity index (χ3n) is 4.53. The van der Waals surface area contributed by atoms with Crippen molar-refractivity contribution in [2.75, 3.05) is 0 Å². The van der Waals surface area contributed by atoms with Gasteiger partial charge in [-0.1, -0.05) is 26.0 Å². The van der Waals surface area contributed by atoms with E-state index in [0.717, 1.165) is 24.8 Å². The molecule has 3 unspecified atom stereocenters. The molecular formula is C17H25NO3. The van der Waals surface area contributed by atoms with Crippen molar-refractivity contribution in [2.45, 2.75) is 51.7 Å². The Morgan fingerprint density at radius 2 is 1.95 bits per heavy atom. The SMILES string of the molecule is CC1CCC(OC(=O)[C@H](N)Cc2ccc(O)cc2)CC1C. The number of phenols is 1. The van der Waals surface area contributed by atoms with E-state index in [1.807, 2.05) is 0 Å². The van der Waals surface area contributed by atoms with Crippen molar-refractivity contribution in [3.63, 3.8) is 0 Å². The molecule has 1 aromatic carbocycles. The van der Waals surface area contributed by atoms with Gasteiger partial charge in [-0.05, 0) is 55.2 Å². The molecule has 2 rings (SSSR count). The van der Waals surface area contributed by atoms with Gasteiger partial charge in [-0.15, -0.1) is 0 Å². The maximum Gasteiger partial charge on any atom is 0.323 e. The monoisotopic (exact) mass is 291 g/mol. The first-order valence-corrected chi connectivity index (χ1v) is 7.69. The van der Waals surface area contributed by atoms with Crippen LogP contribution in [0.15, 0.2) is 24.3 Å². The minimum Gasteiger partial charge on any atom is -0.508 e. The molecule has 0 aliphatic heterocycles. The predicted octanol–water partition coefficient (Wildman–Crippen LogP) is 2.63. The fourth-order valence-electron chi connectivity index (χ4n) is 2.83. The standard InChI is InChI=1S/C17H25NO3/c1-11-3-8-15(9-12(11)2)21-17(20)16(18)10-13-4-6-14(19)7-5-13/h4-7,11-12,15-16,19H,3,8-10,18H2,1-2H3/t11?,12?,15?,16-/m1/s1. The lowest BCUT2D eigenvalue weighted by molar-refractivity contribution is -0.153. The molecule has 1 aliphatic rings. The van der Waals surface area contributed by atoms with E-state index in [1.165, 1.54) is 0 Å². The first kappa shape index (κ1) is 15.8. The largest absolute Gasteiger partial charge is 0.508 e. The molecule has 0 radical (unpaired) electrons. The van der Waals surface area contributed by atoms with Gasteiger partial charge in [0.15, 0.2) is 0 Å². The van der Waals surface area contributed by atoms with Gasteiger partial charge in [-0.2, -0.15) is 0 Å². The van der Waals surface area contributed by atoms with Crippen LogP contribution in [-0.2, 0) is 16.0 Å². The van der Waals surface area contributed by atoms with Crippen molar-refractivity contribution in [1.29, 1.82) is 0 Å². The highest BCUT2D eigenvalue weighted by molar-refractivity contribution is 5.76. The van der Waals surface area contributed by atoms with Crippen LogP contribution in [0.3, 0.4) is 0 Å². The molecule has 0 bridgehead atoms. The normalized spacial score (nSPS) is 27.1. The summed E-state index contributed by atoms with van der Waals surface area (Å²) in [6.45, 7) is 4.46. The van der Waals surface area contributed by atoms with Crippen LogP contribution in [0.2, 0.25) is 0 Å². The maximum atomic E-state index is 12.1. The summed E-state index contributed by atoms with van der Waals surface area (Å²) >= 11 is 0. The summed E-state index contributed by atoms with van der Waals surface area (Å²) in [6.07, 6.45) is 3.40. The minimum atomic E-state index is -0.649. The third kappa shape index (κ3) is 4.46. The number of aromatic hydroxyl groups is 1. The molecule has 0 spiro atoms. The van der Waals surface area contributed by atoms with Crippen LogP contribution in [-0.4, -0.2) is 23.2 Å². The topological polar surface area (TPSA) is 72.5 Å². The van der Waals surface area contributed by atoms with Gasteiger partial charge in [0, 0.05) is 0 Å². The summed E-state index contributed by atoms with van der Waals surface area (Å²) in [5, 5.41) is 9.24. The number of ether oxygens (including phenoxy) is 1. The molecule has 3 N–H and O–H groups in total. The van der Waals surface area contributed by atoms with E-state index in [9.17, 15) is 9.90 Å². The molecule has 0 amide bonds. The summed E-state index contributed by atoms with van der Waals surface area (Å²) in [7, 11) is 0. The van der Waals surface area contributed by atoms with Crippen LogP contribution in [0.25, 0.3) is 0 Å². The average molecular weight is 291 g/mol. The zero-order chi connectivity index (χ0) is 15.4. The second-order valence-corrected chi connectivity index (χ2v) is 6.30. The van der Waals surface area contributed by atoms with Gasteiger partial charge in [0.2, 0.25) is 0 Å². The van der Waals surface area contributed by atoms with E-state index in [4.69, 9.17) is 10.5 Å². The molecule has 4 nitrogen and oxygen atoms in total. The smallest absolute Gasteiger partial charge is 0.323 e. The van der Waals surface area contributed by atoms with Crippen LogP contribution in [0.5, 0.6) is 5.75 Å². The molecule has 1 fully saturated rings. The van der Waals surface area contributed by atoms with E-state index in [0.29, 0.717) is 18.3 Å². The molecule has 21 heavy (non-hydrogen) atoms. The van der Waals surface area contributed by atoms with Crippen molar-refractivity contribution in [3.8, 4) is 5.75 Å². The highest BCUT2D eigenvalue weighted by Crippen LogP contribution is 2.31. The number of nitrogens with two attached hydrogens (primary N) is 1. The number of carbonyl (C=O) groups excluding carboxylic acids is 1. The van der Waals surface area contributed by atoms with Gasteiger partial charge in [0.25, 0.3) is 0 Å². The van der Waals surface area contributed by atoms with Crippen molar-refractivity contribution >= 4 is 5.97 Å². The number of rotatable bonds is 4. The molecule has 4 heteroatoms. The summed E-state index contributed by atoms with van der Waals surface area (Å²) in [5.74, 6) is 1.17. The quantitative estimate of drug-likeness (QED) is 0.836. The fraction of sp³-hybridized carbons (Fsp3) is 0.588. The first-order chi connectivity index (χ1) is 9.95. The molecule has 0 saturated heterocycles. The lowest BCUT2D eigenvalue weighted by Gasteiger charge is -2.32. The molecule has 1 saturated carbocycles. The van der Waals surface area contributed by atoms with Crippen molar-refractivity contribution < 1.29 is 14.6 Å². The lowest BCUT2D eigenvalue weighted by atomic mass is 9.80. The van der Waals surface area contributed by atoms with Crippen LogP contribution in [0.1, 0.15) is 38.7 Å². The van der Waals surface area contributed by atoms with Gasteiger partial charge in [-0.25, -0.2) is 0 Å². The van der Waals surface area contributed by atoms with E-state index in [1.54, 1.807) is 24.3 Å². The van der Waals surface area contributed by atoms with Crippen molar-refractivity contribution in [3.05, 3.63) is 29.8 Å². The fourth-order valence-corrected chi connectivity index (χ4v) is 2.83. The Hall–Kier alpha value is -1.55. The lowest BCUT2D eigenvalue weighted by Crippen LogP contribution is -2.38. The van der Waals surface area contributed by atoms with Gasteiger partial charge >= 0.3 is 5.97 Å². The minimum absolute atomic E-state index is 0.00886. The van der Waals surface area contributed by atoms with Crippen LogP contribution in [0.4, 0.5) is 0 Å². The Morgan fingerprint density at radius 3 is 2.57 bits per heavy atom. The first-order valence-electron chi connectivity index (χ1n) is 7.69. The van der Waals surface area contributed by atoms with Crippen LogP contribution < -0.4 is 5.73 Å². The van der Waals surface area contributed by atoms with E-state index >= 15 is 0 Å². The van der Waals surface area contributed by atoms with Crippen molar-refractivity contribution in [2.24, 2.45) is 17.6 Å². The summed E-state index contributed by atoms with van der Waals surface area (Å²) in [5.41, 5.74) is 6.85. The van der Waals surface area contributed by atoms with Gasteiger partial charge < -0.3 is 15.6 Å². The van der Waals surface area contributed by atoms with Crippen LogP contribution >= 0.6 is 0 Å². The summed E-state index contributed by atoms with van der Waals surface area (Å²) in [6, 6.07) is 6.08. The number of hydrogen-bond donors (Lipinski definition) is 2. The predicted molar refractivity (Wildman–Crippen MR) is 81.8 cm³/mol. The van der Waals surface area contributed by atoms with Gasteiger partial charge in [0.1, 0.15) is 17.9 Å². The Balaban J connectivity index is 1.83. The Labute approximate surface area is 126 Å². The molecule has 0 heterocycles. The Bertz CT molecular complexity index is 471. The molecule has 0 aromatic heterocycles. The number of phenolic OH excluding ortho intramolecular Hbond substituents is 1. The summed E-state index contributed by atoms with van der Waals surface area (Å²) < 4.78 is 5.55. The van der Waals surface area contributed by atoms with Gasteiger partial charge in [-0.3, -0.25) is 4.79 Å². The Kier molecular flexibility index (Phi) is 5.23. The molecule has 116 valence electrons. The zero-order valence-corrected chi connectivity index (χ0v) is 12.8. The van der Waals surface area contributed by atoms with E-state index in [2.05, 4.69) is 13.8 Å². The van der Waals surface area contributed by atoms with E-state index < -0.39 is 6.04 Å². The number of hydrogen-bond acceptors (Lipinski definition) is 4. The molecule has 4 atom stereocenters. The second kappa shape index (κ2) is 6.94. The maximum absolute atomic E-state index is 12.1. The van der Waals surface area contributed by atoms with E-state index in [-0.39, 0.29) is 17.8 Å². The van der Waals surface area contributed by atoms with Gasteiger partial charge in [0.05, 0.1) is 0 Å². The van der Waals surface area contributed by atoms with Crippen molar-refractivity contribution in [1.82, 2.24) is 0 Å². The number of carbonyl (C=O) groups is 1. The molecule has 1 aliphatic carbocycles. The highest BCUT2D eigenvalue weighted by atomic mass is 16.5. The third-order valence-corrected chi connectivity index (χ3v) is 4.53. The second-order valence-electron chi connectivity index (χ2n) is 6.30. The Morgan fingerprint density at radius 1 is 1.29 bits per heavy atom.